The van der Waals surface area contributed by atoms with Gasteiger partial charge in [-0.25, -0.2) is 4.68 Å². The van der Waals surface area contributed by atoms with Gasteiger partial charge >= 0.3 is 0 Å². The van der Waals surface area contributed by atoms with Crippen LogP contribution in [0.5, 0.6) is 0 Å². The van der Waals surface area contributed by atoms with E-state index in [0.29, 0.717) is 12.0 Å². The average Bonchev–Trinajstić information content (AvgIpc) is 2.66. The SMILES string of the molecule is Cc1cncc(-n2cc(C=O)nn2)c1. The van der Waals surface area contributed by atoms with Gasteiger partial charge in [-0.05, 0) is 18.6 Å². The molecule has 0 radical (unpaired) electrons. The van der Waals surface area contributed by atoms with Crippen molar-refractivity contribution in [3.8, 4) is 5.69 Å². The van der Waals surface area contributed by atoms with Crippen molar-refractivity contribution in [2.75, 3.05) is 0 Å². The Balaban J connectivity index is 2.43. The summed E-state index contributed by atoms with van der Waals surface area (Å²) in [5, 5.41) is 7.45. The molecule has 2 aromatic heterocycles. The second-order valence-corrected chi connectivity index (χ2v) is 2.93. The first-order chi connectivity index (χ1) is 6.79. The summed E-state index contributed by atoms with van der Waals surface area (Å²) in [5.74, 6) is 0. The molecule has 0 spiro atoms. The lowest BCUT2D eigenvalue weighted by molar-refractivity contribution is 0.111. The fourth-order valence-corrected chi connectivity index (χ4v) is 1.12. The van der Waals surface area contributed by atoms with Crippen LogP contribution in [0.1, 0.15) is 16.1 Å². The molecule has 14 heavy (non-hydrogen) atoms. The van der Waals surface area contributed by atoms with Gasteiger partial charge in [0.25, 0.3) is 0 Å². The minimum Gasteiger partial charge on any atom is -0.296 e. The van der Waals surface area contributed by atoms with Gasteiger partial charge in [-0.3, -0.25) is 9.78 Å². The Bertz CT molecular complexity index is 463. The van der Waals surface area contributed by atoms with Crippen molar-refractivity contribution in [1.82, 2.24) is 20.0 Å². The molecule has 0 unspecified atom stereocenters. The second-order valence-electron chi connectivity index (χ2n) is 2.93. The zero-order chi connectivity index (χ0) is 9.97. The van der Waals surface area contributed by atoms with Gasteiger partial charge < -0.3 is 0 Å². The minimum atomic E-state index is 0.312. The molecule has 2 rings (SSSR count). The summed E-state index contributed by atoms with van der Waals surface area (Å²) in [5.41, 5.74) is 2.14. The molecule has 5 nitrogen and oxygen atoms in total. The fraction of sp³-hybridized carbons (Fsp3) is 0.111. The zero-order valence-corrected chi connectivity index (χ0v) is 7.58. The van der Waals surface area contributed by atoms with Crippen LogP contribution < -0.4 is 0 Å². The molecule has 0 fully saturated rings. The van der Waals surface area contributed by atoms with Crippen molar-refractivity contribution in [1.29, 1.82) is 0 Å². The molecule has 0 aliphatic carbocycles. The molecule has 5 heteroatoms. The molecule has 0 amide bonds. The number of pyridine rings is 1. The molecule has 0 aliphatic heterocycles. The van der Waals surface area contributed by atoms with Crippen LogP contribution in [0.4, 0.5) is 0 Å². The Hall–Kier alpha value is -2.04. The van der Waals surface area contributed by atoms with E-state index in [0.717, 1.165) is 11.3 Å². The quantitative estimate of drug-likeness (QED) is 0.653. The molecule has 0 saturated carbocycles. The van der Waals surface area contributed by atoms with E-state index in [1.165, 1.54) is 4.68 Å². The maximum absolute atomic E-state index is 10.4. The predicted octanol–water partition coefficient (Wildman–Crippen LogP) is 0.783. The normalized spacial score (nSPS) is 10.1. The van der Waals surface area contributed by atoms with Crippen LogP contribution in [-0.4, -0.2) is 26.3 Å². The molecule has 2 aromatic rings. The molecule has 0 bridgehead atoms. The molecular weight excluding hydrogens is 180 g/mol. The Kier molecular flexibility index (Phi) is 2.06. The van der Waals surface area contributed by atoms with Crippen molar-refractivity contribution in [3.63, 3.8) is 0 Å². The van der Waals surface area contributed by atoms with Crippen LogP contribution in [0.15, 0.2) is 24.7 Å². The van der Waals surface area contributed by atoms with Gasteiger partial charge in [0.05, 0.1) is 18.1 Å². The highest BCUT2D eigenvalue weighted by Crippen LogP contribution is 2.06. The summed E-state index contributed by atoms with van der Waals surface area (Å²) in [6.45, 7) is 1.94. The number of carbonyl (C=O) groups excluding carboxylic acids is 1. The second kappa shape index (κ2) is 3.37. The molecule has 2 heterocycles. The van der Waals surface area contributed by atoms with Gasteiger partial charge in [-0.1, -0.05) is 5.21 Å². The Labute approximate surface area is 80.4 Å². The average molecular weight is 188 g/mol. The number of aromatic nitrogens is 4. The highest BCUT2D eigenvalue weighted by molar-refractivity contribution is 5.70. The van der Waals surface area contributed by atoms with E-state index in [4.69, 9.17) is 0 Å². The van der Waals surface area contributed by atoms with Crippen molar-refractivity contribution in [2.45, 2.75) is 6.92 Å². The van der Waals surface area contributed by atoms with Crippen molar-refractivity contribution in [2.24, 2.45) is 0 Å². The van der Waals surface area contributed by atoms with Crippen molar-refractivity contribution >= 4 is 6.29 Å². The lowest BCUT2D eigenvalue weighted by Crippen LogP contribution is -1.96. The zero-order valence-electron chi connectivity index (χ0n) is 7.58. The summed E-state index contributed by atoms with van der Waals surface area (Å²) in [4.78, 5) is 14.4. The smallest absolute Gasteiger partial charge is 0.171 e. The van der Waals surface area contributed by atoms with Gasteiger partial charge in [0.1, 0.15) is 5.69 Å². The van der Waals surface area contributed by atoms with E-state index in [9.17, 15) is 4.79 Å². The number of rotatable bonds is 2. The van der Waals surface area contributed by atoms with Gasteiger partial charge in [0.2, 0.25) is 0 Å². The lowest BCUT2D eigenvalue weighted by Gasteiger charge is -1.98. The van der Waals surface area contributed by atoms with Crippen LogP contribution in [0, 0.1) is 6.92 Å². The van der Waals surface area contributed by atoms with Crippen molar-refractivity contribution in [3.05, 3.63) is 35.9 Å². The maximum atomic E-state index is 10.4. The molecule has 0 aromatic carbocycles. The summed E-state index contributed by atoms with van der Waals surface area (Å²) in [7, 11) is 0. The molecule has 0 N–H and O–H groups in total. The monoisotopic (exact) mass is 188 g/mol. The number of carbonyl (C=O) groups is 1. The summed E-state index contributed by atoms with van der Waals surface area (Å²) in [6.07, 6.45) is 5.63. The molecule has 70 valence electrons. The summed E-state index contributed by atoms with van der Waals surface area (Å²) < 4.78 is 1.52. The number of aldehydes is 1. The van der Waals surface area contributed by atoms with Gasteiger partial charge in [-0.2, -0.15) is 0 Å². The molecule has 0 aliphatic rings. The number of aryl methyl sites for hydroxylation is 1. The van der Waals surface area contributed by atoms with Crippen LogP contribution in [0.2, 0.25) is 0 Å². The van der Waals surface area contributed by atoms with Gasteiger partial charge in [0.15, 0.2) is 6.29 Å². The summed E-state index contributed by atoms with van der Waals surface area (Å²) in [6, 6.07) is 1.91. The third-order valence-electron chi connectivity index (χ3n) is 1.76. The van der Waals surface area contributed by atoms with E-state index in [1.54, 1.807) is 18.6 Å². The van der Waals surface area contributed by atoms with E-state index < -0.39 is 0 Å². The molecule has 0 atom stereocenters. The first-order valence-electron chi connectivity index (χ1n) is 4.09. The predicted molar refractivity (Wildman–Crippen MR) is 49.3 cm³/mol. The van der Waals surface area contributed by atoms with E-state index in [-0.39, 0.29) is 0 Å². The topological polar surface area (TPSA) is 60.7 Å². The number of hydrogen-bond donors (Lipinski definition) is 0. The number of hydrogen-bond acceptors (Lipinski definition) is 4. The Morgan fingerprint density at radius 2 is 2.29 bits per heavy atom. The van der Waals surface area contributed by atoms with E-state index >= 15 is 0 Å². The number of nitrogens with zero attached hydrogens (tertiary/aromatic N) is 4. The highest BCUT2D eigenvalue weighted by Gasteiger charge is 2.01. The largest absolute Gasteiger partial charge is 0.296 e. The Morgan fingerprint density at radius 1 is 1.43 bits per heavy atom. The molecule has 0 saturated heterocycles. The third-order valence-corrected chi connectivity index (χ3v) is 1.76. The summed E-state index contributed by atoms with van der Waals surface area (Å²) >= 11 is 0. The van der Waals surface area contributed by atoms with Gasteiger partial charge in [0, 0.05) is 6.20 Å². The van der Waals surface area contributed by atoms with E-state index in [1.807, 2.05) is 13.0 Å². The van der Waals surface area contributed by atoms with E-state index in [2.05, 4.69) is 15.3 Å². The third kappa shape index (κ3) is 1.52. The van der Waals surface area contributed by atoms with Gasteiger partial charge in [-0.15, -0.1) is 5.10 Å². The first kappa shape index (κ1) is 8.55. The highest BCUT2D eigenvalue weighted by atomic mass is 16.1. The van der Waals surface area contributed by atoms with Crippen LogP contribution in [-0.2, 0) is 0 Å². The standard InChI is InChI=1S/C9H8N4O/c1-7-2-9(4-10-3-7)13-5-8(6-14)11-12-13/h2-6H,1H3. The first-order valence-corrected chi connectivity index (χ1v) is 4.09. The Morgan fingerprint density at radius 3 is 2.93 bits per heavy atom. The van der Waals surface area contributed by atoms with Crippen LogP contribution in [0.25, 0.3) is 5.69 Å². The minimum absolute atomic E-state index is 0.312. The van der Waals surface area contributed by atoms with Crippen molar-refractivity contribution < 1.29 is 4.79 Å². The fourth-order valence-electron chi connectivity index (χ4n) is 1.12. The maximum Gasteiger partial charge on any atom is 0.171 e. The van der Waals surface area contributed by atoms with Crippen LogP contribution in [0.3, 0.4) is 0 Å². The lowest BCUT2D eigenvalue weighted by atomic mass is 10.3. The molecular formula is C9H8N4O. The van der Waals surface area contributed by atoms with Crippen LogP contribution >= 0.6 is 0 Å².